The van der Waals surface area contributed by atoms with Crippen molar-refractivity contribution < 1.29 is 26.8 Å². The lowest BCUT2D eigenvalue weighted by atomic mass is 10.1. The van der Waals surface area contributed by atoms with Crippen LogP contribution in [0.15, 0.2) is 24.8 Å². The fourth-order valence-corrected chi connectivity index (χ4v) is 4.03. The number of hydrogen-bond acceptors (Lipinski definition) is 2. The average Bonchev–Trinajstić information content (AvgIpc) is 2.79. The van der Waals surface area contributed by atoms with Gasteiger partial charge in [-0.05, 0) is 51.5 Å². The van der Waals surface area contributed by atoms with Gasteiger partial charge in [0.2, 0.25) is 5.91 Å². The van der Waals surface area contributed by atoms with Crippen molar-refractivity contribution in [2.75, 3.05) is 26.7 Å². The first-order valence-electron chi connectivity index (χ1n) is 13.5. The molecule has 33 heavy (non-hydrogen) atoms. The van der Waals surface area contributed by atoms with Crippen LogP contribution < -0.4 is 17.7 Å². The second kappa shape index (κ2) is 24.3. The molecule has 0 aliphatic carbocycles. The highest BCUT2D eigenvalue weighted by molar-refractivity contribution is 5.75. The minimum absolute atomic E-state index is 0. The number of allylic oxidation sites excluding steroid dienone is 2. The van der Waals surface area contributed by atoms with E-state index in [2.05, 4.69) is 44.9 Å². The molecule has 0 heterocycles. The van der Waals surface area contributed by atoms with Crippen molar-refractivity contribution >= 4 is 5.91 Å². The summed E-state index contributed by atoms with van der Waals surface area (Å²) in [6.45, 7) is 10.4. The SMILES string of the molecule is C=CC[N+](C)(CC)C(O)CCCNC(=O)CCCCCCC/C=C\CCCCCCCC.[Cl-]. The molecule has 196 valence electrons. The van der Waals surface area contributed by atoms with Crippen LogP contribution in [0.3, 0.4) is 0 Å². The van der Waals surface area contributed by atoms with Crippen LogP contribution in [-0.2, 0) is 4.79 Å². The molecule has 2 unspecified atom stereocenters. The number of nitrogens with zero attached hydrogens (tertiary/aromatic N) is 1. The molecule has 0 aromatic heterocycles. The van der Waals surface area contributed by atoms with Crippen LogP contribution in [0.2, 0.25) is 0 Å². The predicted molar refractivity (Wildman–Crippen MR) is 139 cm³/mol. The zero-order chi connectivity index (χ0) is 23.9. The number of unbranched alkanes of at least 4 members (excludes halogenated alkanes) is 11. The lowest BCUT2D eigenvalue weighted by Crippen LogP contribution is -3.00. The summed E-state index contributed by atoms with van der Waals surface area (Å²) in [5.41, 5.74) is 0. The Bertz CT molecular complexity index is 485. The van der Waals surface area contributed by atoms with Crippen molar-refractivity contribution in [3.63, 3.8) is 0 Å². The molecule has 5 heteroatoms. The molecule has 0 aromatic rings. The Morgan fingerprint density at radius 3 is 2.00 bits per heavy atom. The summed E-state index contributed by atoms with van der Waals surface area (Å²) in [6, 6.07) is 0. The van der Waals surface area contributed by atoms with Gasteiger partial charge in [0.1, 0.15) is 0 Å². The third kappa shape index (κ3) is 20.3. The highest BCUT2D eigenvalue weighted by Crippen LogP contribution is 2.13. The van der Waals surface area contributed by atoms with E-state index in [1.54, 1.807) is 0 Å². The number of aliphatic hydroxyl groups excluding tert-OH is 1. The van der Waals surface area contributed by atoms with Gasteiger partial charge in [0.15, 0.2) is 6.23 Å². The summed E-state index contributed by atoms with van der Waals surface area (Å²) >= 11 is 0. The van der Waals surface area contributed by atoms with Crippen LogP contribution >= 0.6 is 0 Å². The summed E-state index contributed by atoms with van der Waals surface area (Å²) < 4.78 is 0.590. The molecule has 0 spiro atoms. The van der Waals surface area contributed by atoms with E-state index in [0.29, 0.717) is 23.9 Å². The lowest BCUT2D eigenvalue weighted by molar-refractivity contribution is -0.948. The molecule has 0 aliphatic rings. The highest BCUT2D eigenvalue weighted by Gasteiger charge is 2.27. The summed E-state index contributed by atoms with van der Waals surface area (Å²) in [5, 5.41) is 13.4. The Labute approximate surface area is 212 Å². The van der Waals surface area contributed by atoms with Crippen molar-refractivity contribution in [2.45, 2.75) is 123 Å². The van der Waals surface area contributed by atoms with E-state index in [4.69, 9.17) is 0 Å². The van der Waals surface area contributed by atoms with E-state index in [0.717, 1.165) is 32.4 Å². The van der Waals surface area contributed by atoms with Gasteiger partial charge < -0.3 is 22.8 Å². The monoisotopic (exact) mass is 486 g/mol. The number of carbonyl (C=O) groups excluding carboxylic acids is 1. The van der Waals surface area contributed by atoms with Gasteiger partial charge >= 0.3 is 0 Å². The van der Waals surface area contributed by atoms with Crippen molar-refractivity contribution in [3.05, 3.63) is 24.8 Å². The first-order valence-corrected chi connectivity index (χ1v) is 13.5. The normalized spacial score (nSPS) is 13.9. The van der Waals surface area contributed by atoms with Crippen LogP contribution in [0, 0.1) is 0 Å². The second-order valence-corrected chi connectivity index (χ2v) is 9.57. The summed E-state index contributed by atoms with van der Waals surface area (Å²) in [4.78, 5) is 12.0. The number of halogens is 1. The fourth-order valence-electron chi connectivity index (χ4n) is 4.03. The van der Waals surface area contributed by atoms with Crippen molar-refractivity contribution in [3.8, 4) is 0 Å². The molecule has 0 rings (SSSR count). The van der Waals surface area contributed by atoms with Crippen LogP contribution in [0.5, 0.6) is 0 Å². The molecule has 0 saturated heterocycles. The number of hydrogen-bond donors (Lipinski definition) is 2. The zero-order valence-electron chi connectivity index (χ0n) is 22.1. The van der Waals surface area contributed by atoms with Crippen molar-refractivity contribution in [1.29, 1.82) is 0 Å². The van der Waals surface area contributed by atoms with E-state index < -0.39 is 6.23 Å². The summed E-state index contributed by atoms with van der Waals surface area (Å²) in [6.07, 6.45) is 24.9. The smallest absolute Gasteiger partial charge is 0.219 e. The van der Waals surface area contributed by atoms with Gasteiger partial charge in [-0.2, -0.15) is 0 Å². The Morgan fingerprint density at radius 2 is 1.45 bits per heavy atom. The molecular formula is C28H55ClN2O2. The Hall–Kier alpha value is -0.840. The maximum atomic E-state index is 12.0. The van der Waals surface area contributed by atoms with Crippen LogP contribution in [-0.4, -0.2) is 48.4 Å². The Morgan fingerprint density at radius 1 is 0.909 bits per heavy atom. The Kier molecular flexibility index (Phi) is 25.3. The summed E-state index contributed by atoms with van der Waals surface area (Å²) in [5.74, 6) is 0.149. The maximum Gasteiger partial charge on any atom is 0.219 e. The number of rotatable bonds is 23. The predicted octanol–water partition coefficient (Wildman–Crippen LogP) is 3.90. The van der Waals surface area contributed by atoms with Crippen LogP contribution in [0.1, 0.15) is 117 Å². The van der Waals surface area contributed by atoms with Gasteiger partial charge in [-0.1, -0.05) is 77.0 Å². The van der Waals surface area contributed by atoms with Gasteiger partial charge in [0, 0.05) is 19.4 Å². The van der Waals surface area contributed by atoms with E-state index in [9.17, 15) is 9.90 Å². The quantitative estimate of drug-likeness (QED) is 0.0995. The van der Waals surface area contributed by atoms with Gasteiger partial charge in [0.25, 0.3) is 0 Å². The van der Waals surface area contributed by atoms with Gasteiger partial charge in [-0.25, -0.2) is 0 Å². The Balaban J connectivity index is 0. The number of quaternary nitrogens is 1. The second-order valence-electron chi connectivity index (χ2n) is 9.57. The van der Waals surface area contributed by atoms with Gasteiger partial charge in [0.05, 0.1) is 20.1 Å². The largest absolute Gasteiger partial charge is 1.00 e. The lowest BCUT2D eigenvalue weighted by Gasteiger charge is -2.37. The average molecular weight is 487 g/mol. The van der Waals surface area contributed by atoms with Crippen molar-refractivity contribution in [2.24, 2.45) is 0 Å². The molecular weight excluding hydrogens is 432 g/mol. The molecule has 0 radical (unpaired) electrons. The molecule has 0 aliphatic heterocycles. The minimum atomic E-state index is -0.403. The maximum absolute atomic E-state index is 12.0. The third-order valence-electron chi connectivity index (χ3n) is 6.62. The fraction of sp³-hybridized carbons (Fsp3) is 0.821. The third-order valence-corrected chi connectivity index (χ3v) is 6.62. The van der Waals surface area contributed by atoms with E-state index in [1.807, 2.05) is 6.08 Å². The molecule has 4 nitrogen and oxygen atoms in total. The minimum Gasteiger partial charge on any atom is -1.00 e. The molecule has 0 bridgehead atoms. The van der Waals surface area contributed by atoms with Crippen LogP contribution in [0.25, 0.3) is 0 Å². The molecule has 2 N–H and O–H groups in total. The van der Waals surface area contributed by atoms with Gasteiger partial charge in [-0.3, -0.25) is 9.28 Å². The zero-order valence-corrected chi connectivity index (χ0v) is 22.9. The first-order chi connectivity index (χ1) is 15.5. The molecule has 0 fully saturated rings. The number of aliphatic hydroxyl groups is 1. The molecule has 2 atom stereocenters. The molecule has 0 aromatic carbocycles. The molecule has 0 saturated carbocycles. The van der Waals surface area contributed by atoms with E-state index in [-0.39, 0.29) is 18.3 Å². The number of nitrogens with one attached hydrogen (secondary N) is 1. The number of carbonyl (C=O) groups is 1. The molecule has 1 amide bonds. The van der Waals surface area contributed by atoms with Crippen molar-refractivity contribution in [1.82, 2.24) is 5.32 Å². The number of amides is 1. The first kappa shape index (κ1) is 34.3. The standard InChI is InChI=1S/C28H54N2O2.ClH/c1-5-8-9-10-11-12-13-14-15-16-17-18-19-20-21-23-27(31)29-25-22-24-28(32)30(4,7-3)26-6-2;/h6,14-15,28,32H,2,5,7-13,16-26H2,1,3-4H3;1H/b15-14-;. The van der Waals surface area contributed by atoms with E-state index >= 15 is 0 Å². The van der Waals surface area contributed by atoms with E-state index in [1.165, 1.54) is 70.6 Å². The topological polar surface area (TPSA) is 49.3 Å². The van der Waals surface area contributed by atoms with Gasteiger partial charge in [-0.15, -0.1) is 0 Å². The highest BCUT2D eigenvalue weighted by atomic mass is 35.5. The van der Waals surface area contributed by atoms with Crippen LogP contribution in [0.4, 0.5) is 0 Å². The number of likely N-dealkylation sites (N-methyl/N-ethyl adjacent to an activating group) is 1. The summed E-state index contributed by atoms with van der Waals surface area (Å²) in [7, 11) is 2.05.